The van der Waals surface area contributed by atoms with Crippen LogP contribution in [0.1, 0.15) is 33.1 Å². The van der Waals surface area contributed by atoms with Gasteiger partial charge < -0.3 is 10.2 Å². The lowest BCUT2D eigenvalue weighted by molar-refractivity contribution is -0.123. The van der Waals surface area contributed by atoms with E-state index in [-0.39, 0.29) is 17.7 Å². The van der Waals surface area contributed by atoms with Gasteiger partial charge in [-0.2, -0.15) is 5.10 Å². The smallest absolute Gasteiger partial charge is 0.253 e. The van der Waals surface area contributed by atoms with Gasteiger partial charge >= 0.3 is 0 Å². The van der Waals surface area contributed by atoms with Gasteiger partial charge in [0.15, 0.2) is 0 Å². The molecule has 0 aliphatic carbocycles. The molecular formula is C19H23N5O2. The predicted octanol–water partition coefficient (Wildman–Crippen LogP) is 0.814. The van der Waals surface area contributed by atoms with Crippen LogP contribution in [0.25, 0.3) is 0 Å². The number of carbonyl (C=O) groups excluding carboxylic acids is 2. The lowest BCUT2D eigenvalue weighted by atomic mass is 9.89. The van der Waals surface area contributed by atoms with E-state index in [1.807, 2.05) is 29.1 Å². The fourth-order valence-electron chi connectivity index (χ4n) is 3.76. The fourth-order valence-corrected chi connectivity index (χ4v) is 3.76. The Morgan fingerprint density at radius 3 is 2.92 bits per heavy atom. The Labute approximate surface area is 152 Å². The highest BCUT2D eigenvalue weighted by Crippen LogP contribution is 2.27. The van der Waals surface area contributed by atoms with Crippen molar-refractivity contribution in [1.82, 2.24) is 24.9 Å². The molecule has 0 fully saturated rings. The van der Waals surface area contributed by atoms with Gasteiger partial charge in [-0.05, 0) is 18.7 Å². The molecule has 7 nitrogen and oxygen atoms in total. The molecule has 1 aromatic carbocycles. The molecule has 0 saturated carbocycles. The van der Waals surface area contributed by atoms with E-state index in [1.54, 1.807) is 18.0 Å². The van der Waals surface area contributed by atoms with Crippen molar-refractivity contribution in [3.8, 4) is 0 Å². The Hall–Kier alpha value is -2.67. The van der Waals surface area contributed by atoms with E-state index < -0.39 is 0 Å². The molecule has 0 bridgehead atoms. The first-order valence-electron chi connectivity index (χ1n) is 8.89. The van der Waals surface area contributed by atoms with Gasteiger partial charge in [0.1, 0.15) is 0 Å². The molecule has 2 aliphatic rings. The predicted molar refractivity (Wildman–Crippen MR) is 96.6 cm³/mol. The number of nitrogens with zero attached hydrogens (tertiary/aromatic N) is 4. The molecule has 0 saturated heterocycles. The maximum Gasteiger partial charge on any atom is 0.253 e. The van der Waals surface area contributed by atoms with Crippen molar-refractivity contribution in [3.63, 3.8) is 0 Å². The maximum atomic E-state index is 12.9. The van der Waals surface area contributed by atoms with Gasteiger partial charge in [-0.25, -0.2) is 0 Å². The minimum Gasteiger partial charge on any atom is -0.351 e. The van der Waals surface area contributed by atoms with Gasteiger partial charge in [0.25, 0.3) is 5.91 Å². The molecule has 2 aliphatic heterocycles. The summed E-state index contributed by atoms with van der Waals surface area (Å²) in [5, 5.41) is 7.47. The Morgan fingerprint density at radius 1 is 1.27 bits per heavy atom. The number of benzene rings is 1. The third kappa shape index (κ3) is 2.88. The number of hydrogen-bond acceptors (Lipinski definition) is 4. The number of carbonyl (C=O) groups is 2. The van der Waals surface area contributed by atoms with Crippen LogP contribution < -0.4 is 5.32 Å². The minimum absolute atomic E-state index is 0.0293. The topological polar surface area (TPSA) is 70.5 Å². The van der Waals surface area contributed by atoms with Crippen molar-refractivity contribution >= 4 is 11.8 Å². The highest BCUT2D eigenvalue weighted by atomic mass is 16.2. The Kier molecular flexibility index (Phi) is 4.24. The molecule has 1 aromatic heterocycles. The highest BCUT2D eigenvalue weighted by Gasteiger charge is 2.33. The molecule has 136 valence electrons. The molecule has 1 N–H and O–H groups in total. The van der Waals surface area contributed by atoms with Crippen molar-refractivity contribution in [1.29, 1.82) is 0 Å². The highest BCUT2D eigenvalue weighted by molar-refractivity contribution is 6.00. The molecule has 1 unspecified atom stereocenters. The summed E-state index contributed by atoms with van der Waals surface area (Å²) in [4.78, 5) is 29.0. The van der Waals surface area contributed by atoms with Crippen molar-refractivity contribution < 1.29 is 9.59 Å². The second-order valence-corrected chi connectivity index (χ2v) is 7.12. The number of nitrogens with one attached hydrogen (secondary N) is 1. The summed E-state index contributed by atoms with van der Waals surface area (Å²) in [6.07, 6.45) is 1.85. The van der Waals surface area contributed by atoms with Crippen LogP contribution in [0.2, 0.25) is 0 Å². The van der Waals surface area contributed by atoms with Crippen molar-refractivity contribution in [3.05, 3.63) is 52.8 Å². The largest absolute Gasteiger partial charge is 0.351 e. The number of fused-ring (bicyclic) bond motifs is 2. The summed E-state index contributed by atoms with van der Waals surface area (Å²) in [5.74, 6) is -0.428. The van der Waals surface area contributed by atoms with Gasteiger partial charge in [-0.15, -0.1) is 0 Å². The van der Waals surface area contributed by atoms with E-state index in [0.29, 0.717) is 18.7 Å². The average molecular weight is 353 g/mol. The second kappa shape index (κ2) is 6.57. The monoisotopic (exact) mass is 353 g/mol. The molecule has 2 amide bonds. The number of amides is 2. The van der Waals surface area contributed by atoms with E-state index in [1.165, 1.54) is 0 Å². The number of rotatable bonds is 3. The van der Waals surface area contributed by atoms with Crippen LogP contribution in [0.15, 0.2) is 30.5 Å². The molecular weight excluding hydrogens is 330 g/mol. The van der Waals surface area contributed by atoms with Crippen LogP contribution in [0, 0.1) is 0 Å². The second-order valence-electron chi connectivity index (χ2n) is 7.12. The number of likely N-dealkylation sites (N-methyl/N-ethyl adjacent to an activating group) is 2. The summed E-state index contributed by atoms with van der Waals surface area (Å²) in [5.41, 5.74) is 3.64. The minimum atomic E-state index is -0.344. The normalized spacial score (nSPS) is 19.8. The van der Waals surface area contributed by atoms with Crippen LogP contribution in [0.3, 0.4) is 0 Å². The first-order chi connectivity index (χ1) is 12.5. The summed E-state index contributed by atoms with van der Waals surface area (Å²) in [7, 11) is 3.83. The van der Waals surface area contributed by atoms with Gasteiger partial charge in [-0.3, -0.25) is 19.2 Å². The van der Waals surface area contributed by atoms with Crippen LogP contribution in [-0.2, 0) is 24.4 Å². The van der Waals surface area contributed by atoms with Crippen LogP contribution >= 0.6 is 0 Å². The zero-order chi connectivity index (χ0) is 18.3. The van der Waals surface area contributed by atoms with E-state index in [4.69, 9.17) is 0 Å². The Balaban J connectivity index is 1.50. The van der Waals surface area contributed by atoms with Gasteiger partial charge in [0.2, 0.25) is 5.91 Å². The maximum absolute atomic E-state index is 12.9. The lowest BCUT2D eigenvalue weighted by Gasteiger charge is -2.31. The molecule has 7 heteroatoms. The molecule has 0 spiro atoms. The first kappa shape index (κ1) is 16.8. The van der Waals surface area contributed by atoms with Crippen LogP contribution in [-0.4, -0.2) is 58.6 Å². The van der Waals surface area contributed by atoms with Crippen molar-refractivity contribution in [2.45, 2.75) is 25.6 Å². The summed E-state index contributed by atoms with van der Waals surface area (Å²) in [6.45, 7) is 3.56. The zero-order valence-electron chi connectivity index (χ0n) is 15.1. The first-order valence-corrected chi connectivity index (χ1v) is 8.89. The molecule has 26 heavy (non-hydrogen) atoms. The fraction of sp³-hybridized carbons (Fsp3) is 0.421. The van der Waals surface area contributed by atoms with E-state index >= 15 is 0 Å². The third-order valence-corrected chi connectivity index (χ3v) is 5.29. The molecule has 2 aromatic rings. The quantitative estimate of drug-likeness (QED) is 0.887. The molecule has 4 rings (SSSR count). The third-order valence-electron chi connectivity index (χ3n) is 5.29. The summed E-state index contributed by atoms with van der Waals surface area (Å²) < 4.78 is 2.02. The lowest BCUT2D eigenvalue weighted by Crippen LogP contribution is -2.43. The zero-order valence-corrected chi connectivity index (χ0v) is 15.1. The Morgan fingerprint density at radius 2 is 2.08 bits per heavy atom. The standard InChI is InChI=1S/C19H23N5O2/c1-22-7-8-24-17(12-22)13(10-21-24)9-20-18(25)16-11-23(2)19(26)15-6-4-3-5-14(15)16/h3-6,10,16H,7-9,11-12H2,1-2H3,(H,20,25). The van der Waals surface area contributed by atoms with Gasteiger partial charge in [-0.1, -0.05) is 18.2 Å². The molecule has 0 radical (unpaired) electrons. The van der Waals surface area contributed by atoms with Gasteiger partial charge in [0.05, 0.1) is 24.4 Å². The number of aromatic nitrogens is 2. The summed E-state index contributed by atoms with van der Waals surface area (Å²) >= 11 is 0. The SMILES string of the molecule is CN1CCn2ncc(CNC(=O)C3CN(C)C(=O)c4ccccc43)c2C1. The van der Waals surface area contributed by atoms with Crippen LogP contribution in [0.4, 0.5) is 0 Å². The van der Waals surface area contributed by atoms with Crippen LogP contribution in [0.5, 0.6) is 0 Å². The number of hydrogen-bond donors (Lipinski definition) is 1. The van der Waals surface area contributed by atoms with E-state index in [2.05, 4.69) is 22.4 Å². The van der Waals surface area contributed by atoms with E-state index in [9.17, 15) is 9.59 Å². The molecule has 3 heterocycles. The summed E-state index contributed by atoms with van der Waals surface area (Å²) in [6, 6.07) is 7.38. The van der Waals surface area contributed by atoms with Crippen molar-refractivity contribution in [2.75, 3.05) is 27.2 Å². The van der Waals surface area contributed by atoms with Crippen molar-refractivity contribution in [2.24, 2.45) is 0 Å². The Bertz CT molecular complexity index is 859. The molecule has 1 atom stereocenters. The van der Waals surface area contributed by atoms with E-state index in [0.717, 1.165) is 36.5 Å². The average Bonchev–Trinajstić information content (AvgIpc) is 3.05. The van der Waals surface area contributed by atoms with Gasteiger partial charge in [0, 0.05) is 44.4 Å².